The second-order valence-electron chi connectivity index (χ2n) is 6.63. The third-order valence-corrected chi connectivity index (χ3v) is 5.42. The third kappa shape index (κ3) is 6.01. The van der Waals surface area contributed by atoms with Gasteiger partial charge >= 0.3 is 6.09 Å². The molecular formula is C19H23FN2O5S. The molecule has 1 saturated heterocycles. The van der Waals surface area contributed by atoms with E-state index in [1.54, 1.807) is 24.3 Å². The average Bonchev–Trinajstić information content (AvgIpc) is 2.63. The Labute approximate surface area is 163 Å². The lowest BCUT2D eigenvalue weighted by molar-refractivity contribution is 0.126. The molecule has 4 N–H and O–H groups in total. The van der Waals surface area contributed by atoms with E-state index in [1.807, 2.05) is 6.92 Å². The van der Waals surface area contributed by atoms with E-state index >= 15 is 0 Å². The molecule has 9 heteroatoms. The van der Waals surface area contributed by atoms with Crippen LogP contribution >= 0.6 is 0 Å². The summed E-state index contributed by atoms with van der Waals surface area (Å²) < 4.78 is 42.4. The van der Waals surface area contributed by atoms with Gasteiger partial charge in [0.15, 0.2) is 0 Å². The summed E-state index contributed by atoms with van der Waals surface area (Å²) in [6, 6.07) is 12.0. The first-order valence-corrected chi connectivity index (χ1v) is 10.0. The number of piperidine rings is 1. The number of rotatable bonds is 2. The van der Waals surface area contributed by atoms with Crippen molar-refractivity contribution in [2.75, 3.05) is 13.1 Å². The Kier molecular flexibility index (Phi) is 7.11. The molecule has 1 aliphatic rings. The lowest BCUT2D eigenvalue weighted by atomic mass is 9.87. The average molecular weight is 410 g/mol. The predicted molar refractivity (Wildman–Crippen MR) is 102 cm³/mol. The minimum atomic E-state index is -4.02. The summed E-state index contributed by atoms with van der Waals surface area (Å²) in [6.07, 6.45) is -0.294. The number of nitrogens with zero attached hydrogens (tertiary/aromatic N) is 1. The highest BCUT2D eigenvalue weighted by molar-refractivity contribution is 7.85. The molecule has 0 unspecified atom stereocenters. The van der Waals surface area contributed by atoms with Crippen LogP contribution in [-0.4, -0.2) is 48.2 Å². The van der Waals surface area contributed by atoms with Crippen LogP contribution in [0.1, 0.15) is 23.5 Å². The van der Waals surface area contributed by atoms with E-state index in [9.17, 15) is 17.6 Å². The molecule has 1 aliphatic heterocycles. The zero-order chi connectivity index (χ0) is 20.9. The van der Waals surface area contributed by atoms with Crippen LogP contribution < -0.4 is 5.73 Å². The van der Waals surface area contributed by atoms with Gasteiger partial charge in [-0.1, -0.05) is 29.8 Å². The van der Waals surface area contributed by atoms with Crippen molar-refractivity contribution in [3.05, 3.63) is 65.5 Å². The summed E-state index contributed by atoms with van der Waals surface area (Å²) in [6.45, 7) is 2.68. The molecule has 7 nitrogen and oxygen atoms in total. The van der Waals surface area contributed by atoms with Gasteiger partial charge in [0.2, 0.25) is 0 Å². The monoisotopic (exact) mass is 410 g/mol. The number of carbonyl (C=O) groups is 1. The molecule has 0 saturated carbocycles. The van der Waals surface area contributed by atoms with Gasteiger partial charge in [-0.05, 0) is 43.2 Å². The molecule has 2 aromatic carbocycles. The summed E-state index contributed by atoms with van der Waals surface area (Å²) in [5.74, 6) is -0.353. The third-order valence-electron chi connectivity index (χ3n) is 4.55. The second-order valence-corrected chi connectivity index (χ2v) is 8.05. The molecule has 0 radical (unpaired) electrons. The second kappa shape index (κ2) is 9.13. The van der Waals surface area contributed by atoms with E-state index in [4.69, 9.17) is 15.4 Å². The first kappa shape index (κ1) is 21.8. The molecule has 0 aromatic heterocycles. The molecule has 1 heterocycles. The van der Waals surface area contributed by atoms with Crippen molar-refractivity contribution in [2.24, 2.45) is 5.73 Å². The zero-order valence-corrected chi connectivity index (χ0v) is 16.1. The van der Waals surface area contributed by atoms with Crippen molar-refractivity contribution in [1.29, 1.82) is 0 Å². The van der Waals surface area contributed by atoms with E-state index in [2.05, 4.69) is 0 Å². The fourth-order valence-corrected chi connectivity index (χ4v) is 3.40. The van der Waals surface area contributed by atoms with E-state index in [0.29, 0.717) is 19.5 Å². The van der Waals surface area contributed by atoms with E-state index in [1.165, 1.54) is 29.2 Å². The number of hydrogen-bond donors (Lipinski definition) is 3. The van der Waals surface area contributed by atoms with Crippen molar-refractivity contribution < 1.29 is 27.3 Å². The molecule has 3 rings (SSSR count). The van der Waals surface area contributed by atoms with E-state index < -0.39 is 16.2 Å². The van der Waals surface area contributed by atoms with Crippen LogP contribution in [0.15, 0.2) is 53.4 Å². The normalized spacial score (nSPS) is 19.5. The molecule has 2 atom stereocenters. The summed E-state index contributed by atoms with van der Waals surface area (Å²) in [7, 11) is -4.02. The number of benzene rings is 2. The standard InChI is InChI=1S/C12H15FN2O2.C7H8O3S/c13-9-3-1-8(2-4-9)10-7-15(12(16)17)6-5-11(10)14;1-6-2-4-7(5-3-6)11(8,9)10/h1-4,10-11H,5-7,14H2,(H,16,17);2-5H,1H3,(H,8,9,10)/t10-,11+;/m0./s1. The molecule has 152 valence electrons. The van der Waals surface area contributed by atoms with Crippen LogP contribution in [0.2, 0.25) is 0 Å². The lowest BCUT2D eigenvalue weighted by Crippen LogP contribution is -2.47. The number of aryl methyl sites for hydroxylation is 1. The summed E-state index contributed by atoms with van der Waals surface area (Å²) >= 11 is 0. The Morgan fingerprint density at radius 3 is 2.21 bits per heavy atom. The Hall–Kier alpha value is -2.49. The van der Waals surface area contributed by atoms with Crippen molar-refractivity contribution in [3.63, 3.8) is 0 Å². The van der Waals surface area contributed by atoms with Crippen molar-refractivity contribution in [2.45, 2.75) is 30.2 Å². The van der Waals surface area contributed by atoms with Gasteiger partial charge in [-0.25, -0.2) is 9.18 Å². The highest BCUT2D eigenvalue weighted by Crippen LogP contribution is 2.26. The summed E-state index contributed by atoms with van der Waals surface area (Å²) in [4.78, 5) is 12.2. The van der Waals surface area contributed by atoms with Gasteiger partial charge in [0.1, 0.15) is 5.82 Å². The highest BCUT2D eigenvalue weighted by atomic mass is 32.2. The molecule has 1 amide bonds. The van der Waals surface area contributed by atoms with Crippen LogP contribution in [-0.2, 0) is 10.1 Å². The zero-order valence-electron chi connectivity index (χ0n) is 15.3. The van der Waals surface area contributed by atoms with Crippen LogP contribution in [0.4, 0.5) is 9.18 Å². The Morgan fingerprint density at radius 1 is 1.14 bits per heavy atom. The number of carboxylic acid groups (broad SMARTS) is 1. The van der Waals surface area contributed by atoms with Gasteiger partial charge in [-0.15, -0.1) is 0 Å². The van der Waals surface area contributed by atoms with Gasteiger partial charge in [-0.2, -0.15) is 8.42 Å². The fourth-order valence-electron chi connectivity index (χ4n) is 2.92. The summed E-state index contributed by atoms with van der Waals surface area (Å²) in [5, 5.41) is 8.96. The molecule has 0 aliphatic carbocycles. The molecule has 0 spiro atoms. The predicted octanol–water partition coefficient (Wildman–Crippen LogP) is 2.86. The van der Waals surface area contributed by atoms with E-state index in [-0.39, 0.29) is 22.7 Å². The number of amides is 1. The van der Waals surface area contributed by atoms with Crippen LogP contribution in [0.25, 0.3) is 0 Å². The molecule has 2 aromatic rings. The topological polar surface area (TPSA) is 121 Å². The minimum absolute atomic E-state index is 0.0551. The van der Waals surface area contributed by atoms with Crippen molar-refractivity contribution in [3.8, 4) is 0 Å². The largest absolute Gasteiger partial charge is 0.465 e. The Morgan fingerprint density at radius 2 is 1.71 bits per heavy atom. The smallest absolute Gasteiger partial charge is 0.407 e. The maximum atomic E-state index is 12.8. The maximum absolute atomic E-state index is 12.8. The van der Waals surface area contributed by atoms with Gasteiger partial charge in [0.05, 0.1) is 4.90 Å². The fraction of sp³-hybridized carbons (Fsp3) is 0.316. The highest BCUT2D eigenvalue weighted by Gasteiger charge is 2.30. The van der Waals surface area contributed by atoms with Crippen LogP contribution in [0, 0.1) is 12.7 Å². The molecular weight excluding hydrogens is 387 g/mol. The van der Waals surface area contributed by atoms with Crippen LogP contribution in [0.5, 0.6) is 0 Å². The van der Waals surface area contributed by atoms with Gasteiger partial charge < -0.3 is 15.7 Å². The Bertz CT molecular complexity index is 901. The first-order valence-electron chi connectivity index (χ1n) is 8.61. The van der Waals surface area contributed by atoms with Gasteiger partial charge in [-0.3, -0.25) is 4.55 Å². The minimum Gasteiger partial charge on any atom is -0.465 e. The first-order chi connectivity index (χ1) is 13.1. The van der Waals surface area contributed by atoms with Crippen LogP contribution in [0.3, 0.4) is 0 Å². The lowest BCUT2D eigenvalue weighted by Gasteiger charge is -2.35. The maximum Gasteiger partial charge on any atom is 0.407 e. The molecule has 1 fully saturated rings. The van der Waals surface area contributed by atoms with E-state index in [0.717, 1.165) is 11.1 Å². The molecule has 0 bridgehead atoms. The molecule has 28 heavy (non-hydrogen) atoms. The SMILES string of the molecule is Cc1ccc(S(=O)(=O)O)cc1.N[C@@H]1CCN(C(=O)O)C[C@H]1c1ccc(F)cc1. The number of halogens is 1. The van der Waals surface area contributed by atoms with Gasteiger partial charge in [0.25, 0.3) is 10.1 Å². The number of hydrogen-bond acceptors (Lipinski definition) is 4. The summed E-state index contributed by atoms with van der Waals surface area (Å²) in [5.41, 5.74) is 7.85. The Balaban J connectivity index is 0.000000221. The van der Waals surface area contributed by atoms with Gasteiger partial charge in [0, 0.05) is 25.0 Å². The van der Waals surface area contributed by atoms with Crippen molar-refractivity contribution in [1.82, 2.24) is 4.90 Å². The van der Waals surface area contributed by atoms with Crippen molar-refractivity contribution >= 4 is 16.2 Å². The quantitative estimate of drug-likeness (QED) is 0.655. The number of likely N-dealkylation sites (tertiary alicyclic amines) is 1. The number of nitrogens with two attached hydrogens (primary N) is 1.